The monoisotopic (exact) mass is 351 g/mol. The molecule has 0 radical (unpaired) electrons. The lowest BCUT2D eigenvalue weighted by Crippen LogP contribution is -2.11. The molecule has 0 amide bonds. The maximum atomic E-state index is 13.1. The molecule has 3 aromatic rings. The van der Waals surface area contributed by atoms with Gasteiger partial charge in [-0.3, -0.25) is 4.68 Å². The third-order valence-corrected chi connectivity index (χ3v) is 3.62. The molecule has 2 aromatic heterocycles. The molecular weight excluding hydrogens is 341 g/mol. The summed E-state index contributed by atoms with van der Waals surface area (Å²) in [7, 11) is 1.80. The van der Waals surface area contributed by atoms with Gasteiger partial charge in [-0.2, -0.15) is 10.1 Å². The van der Waals surface area contributed by atoms with Gasteiger partial charge in [0.2, 0.25) is 11.7 Å². The highest BCUT2D eigenvalue weighted by Crippen LogP contribution is 2.28. The summed E-state index contributed by atoms with van der Waals surface area (Å²) in [6.07, 6.45) is 3.42. The molecule has 108 valence electrons. The number of aryl methyl sites for hydroxylation is 1. The SMILES string of the molecule is Cn1cc(C(N)c2nc(-c3ccc(F)cc3Br)no2)cn1. The van der Waals surface area contributed by atoms with Gasteiger partial charge in [-0.15, -0.1) is 0 Å². The zero-order chi connectivity index (χ0) is 15.0. The predicted molar refractivity (Wildman–Crippen MR) is 76.6 cm³/mol. The Labute approximate surface area is 127 Å². The first kappa shape index (κ1) is 13.9. The molecule has 0 saturated heterocycles. The van der Waals surface area contributed by atoms with Crippen LogP contribution in [0.4, 0.5) is 4.39 Å². The molecule has 0 spiro atoms. The van der Waals surface area contributed by atoms with Crippen LogP contribution in [-0.4, -0.2) is 19.9 Å². The average molecular weight is 352 g/mol. The van der Waals surface area contributed by atoms with Crippen molar-refractivity contribution in [2.45, 2.75) is 6.04 Å². The van der Waals surface area contributed by atoms with Crippen LogP contribution in [-0.2, 0) is 7.05 Å². The van der Waals surface area contributed by atoms with Gasteiger partial charge in [0.15, 0.2) is 0 Å². The molecule has 1 aromatic carbocycles. The molecule has 3 rings (SSSR count). The van der Waals surface area contributed by atoms with Crippen LogP contribution in [0.2, 0.25) is 0 Å². The first-order chi connectivity index (χ1) is 10.0. The summed E-state index contributed by atoms with van der Waals surface area (Å²) in [5.74, 6) is 0.270. The van der Waals surface area contributed by atoms with Crippen LogP contribution in [0, 0.1) is 5.82 Å². The van der Waals surface area contributed by atoms with E-state index in [0.717, 1.165) is 5.56 Å². The largest absolute Gasteiger partial charge is 0.337 e. The lowest BCUT2D eigenvalue weighted by molar-refractivity contribution is 0.367. The maximum absolute atomic E-state index is 13.1. The number of aromatic nitrogens is 4. The van der Waals surface area contributed by atoms with Crippen LogP contribution in [0.1, 0.15) is 17.5 Å². The Balaban J connectivity index is 1.92. The van der Waals surface area contributed by atoms with Crippen molar-refractivity contribution in [1.29, 1.82) is 0 Å². The smallest absolute Gasteiger partial charge is 0.248 e. The normalized spacial score (nSPS) is 12.6. The van der Waals surface area contributed by atoms with E-state index < -0.39 is 6.04 Å². The third kappa shape index (κ3) is 2.72. The van der Waals surface area contributed by atoms with E-state index in [-0.39, 0.29) is 11.7 Å². The Morgan fingerprint density at radius 2 is 2.24 bits per heavy atom. The Morgan fingerprint density at radius 1 is 1.43 bits per heavy atom. The van der Waals surface area contributed by atoms with Gasteiger partial charge in [-0.1, -0.05) is 5.16 Å². The molecule has 8 heteroatoms. The fourth-order valence-electron chi connectivity index (χ4n) is 1.89. The first-order valence-electron chi connectivity index (χ1n) is 6.08. The Bertz CT molecular complexity index is 784. The van der Waals surface area contributed by atoms with E-state index in [9.17, 15) is 4.39 Å². The molecule has 0 aliphatic carbocycles. The molecule has 0 aliphatic heterocycles. The van der Waals surface area contributed by atoms with E-state index in [0.29, 0.717) is 15.9 Å². The third-order valence-electron chi connectivity index (χ3n) is 2.96. The summed E-state index contributed by atoms with van der Waals surface area (Å²) in [6.45, 7) is 0. The Hall–Kier alpha value is -2.06. The summed E-state index contributed by atoms with van der Waals surface area (Å²) < 4.78 is 20.5. The van der Waals surface area contributed by atoms with Gasteiger partial charge >= 0.3 is 0 Å². The van der Waals surface area contributed by atoms with Crippen molar-refractivity contribution < 1.29 is 8.91 Å². The number of rotatable bonds is 3. The number of benzene rings is 1. The molecule has 2 heterocycles. The molecule has 1 unspecified atom stereocenters. The van der Waals surface area contributed by atoms with Crippen LogP contribution in [0.5, 0.6) is 0 Å². The van der Waals surface area contributed by atoms with Crippen molar-refractivity contribution in [3.05, 3.63) is 52.3 Å². The molecule has 1 atom stereocenters. The minimum atomic E-state index is -0.556. The quantitative estimate of drug-likeness (QED) is 0.783. The van der Waals surface area contributed by atoms with Crippen LogP contribution in [0.15, 0.2) is 39.6 Å². The summed E-state index contributed by atoms with van der Waals surface area (Å²) in [5, 5.41) is 7.93. The van der Waals surface area contributed by atoms with Gasteiger partial charge in [0.05, 0.1) is 6.20 Å². The minimum Gasteiger partial charge on any atom is -0.337 e. The van der Waals surface area contributed by atoms with Crippen LogP contribution >= 0.6 is 15.9 Å². The van der Waals surface area contributed by atoms with E-state index >= 15 is 0 Å². The van der Waals surface area contributed by atoms with Crippen molar-refractivity contribution in [2.24, 2.45) is 12.8 Å². The summed E-state index contributed by atoms with van der Waals surface area (Å²) in [4.78, 5) is 4.26. The number of halogens is 2. The molecule has 21 heavy (non-hydrogen) atoms. The second-order valence-electron chi connectivity index (χ2n) is 4.51. The summed E-state index contributed by atoms with van der Waals surface area (Å²) in [5.41, 5.74) is 7.46. The van der Waals surface area contributed by atoms with Crippen molar-refractivity contribution in [3.63, 3.8) is 0 Å². The van der Waals surface area contributed by atoms with E-state index in [1.807, 2.05) is 0 Å². The highest BCUT2D eigenvalue weighted by molar-refractivity contribution is 9.10. The number of nitrogens with two attached hydrogens (primary N) is 1. The molecule has 2 N–H and O–H groups in total. The van der Waals surface area contributed by atoms with E-state index in [1.165, 1.54) is 12.1 Å². The van der Waals surface area contributed by atoms with Crippen molar-refractivity contribution in [3.8, 4) is 11.4 Å². The van der Waals surface area contributed by atoms with Gasteiger partial charge in [0.25, 0.3) is 0 Å². The second-order valence-corrected chi connectivity index (χ2v) is 5.36. The molecule has 0 aliphatic rings. The number of hydrogen-bond acceptors (Lipinski definition) is 5. The number of hydrogen-bond donors (Lipinski definition) is 1. The van der Waals surface area contributed by atoms with Crippen molar-refractivity contribution in [1.82, 2.24) is 19.9 Å². The van der Waals surface area contributed by atoms with Gasteiger partial charge in [-0.25, -0.2) is 4.39 Å². The highest BCUT2D eigenvalue weighted by Gasteiger charge is 2.19. The standard InChI is InChI=1S/C13H11BrFN5O/c1-20-6-7(5-17-20)11(16)13-18-12(19-21-13)9-3-2-8(15)4-10(9)14/h2-6,11H,16H2,1H3. The molecule has 0 fully saturated rings. The van der Waals surface area contributed by atoms with E-state index in [2.05, 4.69) is 31.2 Å². The Kier molecular flexibility index (Phi) is 3.56. The van der Waals surface area contributed by atoms with E-state index in [1.54, 1.807) is 30.2 Å². The fraction of sp³-hybridized carbons (Fsp3) is 0.154. The average Bonchev–Trinajstić information content (AvgIpc) is 3.07. The van der Waals surface area contributed by atoms with Gasteiger partial charge in [0.1, 0.15) is 11.9 Å². The second kappa shape index (κ2) is 5.38. The summed E-state index contributed by atoms with van der Waals surface area (Å²) >= 11 is 3.27. The van der Waals surface area contributed by atoms with Crippen LogP contribution < -0.4 is 5.73 Å². The summed E-state index contributed by atoms with van der Waals surface area (Å²) in [6, 6.07) is 3.69. The highest BCUT2D eigenvalue weighted by atomic mass is 79.9. The molecule has 0 saturated carbocycles. The molecule has 0 bridgehead atoms. The fourth-order valence-corrected chi connectivity index (χ4v) is 2.41. The minimum absolute atomic E-state index is 0.272. The van der Waals surface area contributed by atoms with Crippen LogP contribution in [0.3, 0.4) is 0 Å². The zero-order valence-corrected chi connectivity index (χ0v) is 12.6. The Morgan fingerprint density at radius 3 is 2.90 bits per heavy atom. The molecule has 6 nitrogen and oxygen atoms in total. The predicted octanol–water partition coefficient (Wildman–Crippen LogP) is 2.42. The number of nitrogens with zero attached hydrogens (tertiary/aromatic N) is 4. The topological polar surface area (TPSA) is 82.8 Å². The van der Waals surface area contributed by atoms with Gasteiger partial charge in [-0.05, 0) is 34.1 Å². The lowest BCUT2D eigenvalue weighted by atomic mass is 10.2. The van der Waals surface area contributed by atoms with E-state index in [4.69, 9.17) is 10.3 Å². The molecular formula is C13H11BrFN5O. The van der Waals surface area contributed by atoms with Crippen molar-refractivity contribution in [2.75, 3.05) is 0 Å². The zero-order valence-electron chi connectivity index (χ0n) is 11.0. The van der Waals surface area contributed by atoms with Gasteiger partial charge in [0, 0.05) is 28.8 Å². The lowest BCUT2D eigenvalue weighted by Gasteiger charge is -2.02. The van der Waals surface area contributed by atoms with Gasteiger partial charge < -0.3 is 10.3 Å². The van der Waals surface area contributed by atoms with Crippen molar-refractivity contribution >= 4 is 15.9 Å². The maximum Gasteiger partial charge on any atom is 0.248 e. The van der Waals surface area contributed by atoms with Crippen LogP contribution in [0.25, 0.3) is 11.4 Å². The first-order valence-corrected chi connectivity index (χ1v) is 6.87.